The highest BCUT2D eigenvalue weighted by atomic mass is 35.5. The Labute approximate surface area is 125 Å². The molecule has 0 aromatic heterocycles. The van der Waals surface area contributed by atoms with Crippen LogP contribution in [-0.4, -0.2) is 47.4 Å². The number of imide groups is 1. The molecule has 1 fully saturated rings. The first kappa shape index (κ1) is 18.7. The minimum Gasteiger partial charge on any atom is -0.352 e. The molecular weight excluding hydrogens is 284 g/mol. The summed E-state index contributed by atoms with van der Waals surface area (Å²) >= 11 is 0. The van der Waals surface area contributed by atoms with E-state index in [1.807, 2.05) is 6.92 Å². The smallest absolute Gasteiger partial charge is 0.325 e. The Morgan fingerprint density at radius 1 is 1.45 bits per heavy atom. The van der Waals surface area contributed by atoms with Crippen LogP contribution in [0.15, 0.2) is 0 Å². The van der Waals surface area contributed by atoms with Crippen molar-refractivity contribution in [3.8, 4) is 0 Å². The molecule has 20 heavy (non-hydrogen) atoms. The van der Waals surface area contributed by atoms with Crippen LogP contribution >= 0.6 is 12.4 Å². The van der Waals surface area contributed by atoms with Crippen molar-refractivity contribution in [2.24, 2.45) is 5.73 Å². The molecule has 1 atom stereocenters. The molecule has 0 bridgehead atoms. The van der Waals surface area contributed by atoms with Crippen molar-refractivity contribution in [2.45, 2.75) is 45.2 Å². The Hall–Kier alpha value is -1.34. The van der Waals surface area contributed by atoms with Crippen LogP contribution in [0.1, 0.15) is 33.6 Å². The van der Waals surface area contributed by atoms with Crippen LogP contribution in [-0.2, 0) is 9.59 Å². The van der Waals surface area contributed by atoms with Crippen molar-refractivity contribution < 1.29 is 14.4 Å². The van der Waals surface area contributed by atoms with Gasteiger partial charge in [-0.05, 0) is 27.2 Å². The minimum atomic E-state index is -0.854. The summed E-state index contributed by atoms with van der Waals surface area (Å²) in [5.41, 5.74) is 4.54. The monoisotopic (exact) mass is 306 g/mol. The quantitative estimate of drug-likeness (QED) is 0.600. The third kappa shape index (κ3) is 4.64. The lowest BCUT2D eigenvalue weighted by atomic mass is 10.1. The van der Waals surface area contributed by atoms with Crippen LogP contribution in [0.4, 0.5) is 4.79 Å². The average molecular weight is 307 g/mol. The van der Waals surface area contributed by atoms with Gasteiger partial charge in [-0.2, -0.15) is 0 Å². The first-order valence-electron chi connectivity index (χ1n) is 6.41. The molecule has 4 N–H and O–H groups in total. The first-order chi connectivity index (χ1) is 8.77. The zero-order chi connectivity index (χ0) is 14.6. The summed E-state index contributed by atoms with van der Waals surface area (Å²) in [6.07, 6.45) is 0.709. The summed E-state index contributed by atoms with van der Waals surface area (Å²) < 4.78 is 0. The van der Waals surface area contributed by atoms with Gasteiger partial charge in [-0.3, -0.25) is 14.5 Å². The van der Waals surface area contributed by atoms with Crippen LogP contribution in [0, 0.1) is 0 Å². The molecule has 0 radical (unpaired) electrons. The number of nitrogens with one attached hydrogen (secondary N) is 2. The van der Waals surface area contributed by atoms with Crippen LogP contribution in [0.2, 0.25) is 0 Å². The van der Waals surface area contributed by atoms with E-state index in [4.69, 9.17) is 5.73 Å². The predicted octanol–water partition coefficient (Wildman–Crippen LogP) is -0.0178. The molecule has 1 rings (SSSR count). The van der Waals surface area contributed by atoms with Gasteiger partial charge in [0.15, 0.2) is 0 Å². The Balaban J connectivity index is 0.00000361. The number of amides is 4. The third-order valence-electron chi connectivity index (χ3n) is 2.99. The van der Waals surface area contributed by atoms with Crippen molar-refractivity contribution in [2.75, 3.05) is 13.1 Å². The van der Waals surface area contributed by atoms with E-state index in [-0.39, 0.29) is 43.2 Å². The summed E-state index contributed by atoms with van der Waals surface area (Å²) in [7, 11) is 0. The van der Waals surface area contributed by atoms with Gasteiger partial charge in [0.1, 0.15) is 5.54 Å². The van der Waals surface area contributed by atoms with Gasteiger partial charge in [0.2, 0.25) is 5.91 Å². The summed E-state index contributed by atoms with van der Waals surface area (Å²) in [5, 5.41) is 5.32. The van der Waals surface area contributed by atoms with Crippen molar-refractivity contribution in [1.82, 2.24) is 15.5 Å². The number of carbonyl (C=O) groups excluding carboxylic acids is 3. The zero-order valence-corrected chi connectivity index (χ0v) is 12.9. The number of hydrogen-bond donors (Lipinski definition) is 3. The maximum absolute atomic E-state index is 11.9. The topological polar surface area (TPSA) is 105 Å². The maximum Gasteiger partial charge on any atom is 0.325 e. The highest BCUT2D eigenvalue weighted by Crippen LogP contribution is 2.16. The normalized spacial score (nSPS) is 18.3. The average Bonchev–Trinajstić information content (AvgIpc) is 2.50. The first-order valence-corrected chi connectivity index (χ1v) is 6.41. The fourth-order valence-electron chi connectivity index (χ4n) is 1.82. The second-order valence-electron chi connectivity index (χ2n) is 5.32. The van der Waals surface area contributed by atoms with Gasteiger partial charge in [0.05, 0.1) is 0 Å². The SMILES string of the molecule is C[C@@H](CN)NC(=O)CCCN1C(=O)NC(C)(C)C1=O.Cl. The van der Waals surface area contributed by atoms with Crippen LogP contribution in [0.5, 0.6) is 0 Å². The molecule has 0 unspecified atom stereocenters. The Kier molecular flexibility index (Phi) is 6.95. The van der Waals surface area contributed by atoms with E-state index in [2.05, 4.69) is 10.6 Å². The standard InChI is InChI=1S/C12H22N4O3.ClH/c1-8(7-13)14-9(17)5-4-6-16-10(18)12(2,3)15-11(16)19;/h8H,4-7,13H2,1-3H3,(H,14,17)(H,15,19);1H/t8-;/m0./s1. The zero-order valence-electron chi connectivity index (χ0n) is 12.1. The summed E-state index contributed by atoms with van der Waals surface area (Å²) in [4.78, 5) is 36.1. The number of carbonyl (C=O) groups is 3. The molecule has 1 saturated heterocycles. The second kappa shape index (κ2) is 7.44. The third-order valence-corrected chi connectivity index (χ3v) is 2.99. The molecule has 0 aliphatic carbocycles. The van der Waals surface area contributed by atoms with Gasteiger partial charge in [0, 0.05) is 25.6 Å². The highest BCUT2D eigenvalue weighted by Gasteiger charge is 2.43. The van der Waals surface area contributed by atoms with E-state index in [1.165, 1.54) is 0 Å². The Morgan fingerprint density at radius 3 is 2.50 bits per heavy atom. The predicted molar refractivity (Wildman–Crippen MR) is 77.5 cm³/mol. The Morgan fingerprint density at radius 2 is 2.05 bits per heavy atom. The van der Waals surface area contributed by atoms with Crippen molar-refractivity contribution in [1.29, 1.82) is 0 Å². The van der Waals surface area contributed by atoms with Crippen LogP contribution in [0.25, 0.3) is 0 Å². The van der Waals surface area contributed by atoms with E-state index in [1.54, 1.807) is 13.8 Å². The van der Waals surface area contributed by atoms with E-state index in [0.29, 0.717) is 13.0 Å². The van der Waals surface area contributed by atoms with E-state index in [0.717, 1.165) is 4.90 Å². The van der Waals surface area contributed by atoms with Gasteiger partial charge in [-0.1, -0.05) is 0 Å². The molecule has 7 nitrogen and oxygen atoms in total. The molecule has 4 amide bonds. The molecule has 1 heterocycles. The minimum absolute atomic E-state index is 0. The molecule has 0 aromatic carbocycles. The molecule has 116 valence electrons. The largest absolute Gasteiger partial charge is 0.352 e. The maximum atomic E-state index is 11.9. The van der Waals surface area contributed by atoms with E-state index >= 15 is 0 Å². The number of rotatable bonds is 6. The van der Waals surface area contributed by atoms with Gasteiger partial charge in [-0.25, -0.2) is 4.79 Å². The number of halogens is 1. The van der Waals surface area contributed by atoms with Crippen molar-refractivity contribution in [3.05, 3.63) is 0 Å². The number of urea groups is 1. The lowest BCUT2D eigenvalue weighted by Gasteiger charge is -2.16. The summed E-state index contributed by atoms with van der Waals surface area (Å²) in [5.74, 6) is -0.377. The van der Waals surface area contributed by atoms with E-state index in [9.17, 15) is 14.4 Å². The van der Waals surface area contributed by atoms with Crippen molar-refractivity contribution >= 4 is 30.3 Å². The highest BCUT2D eigenvalue weighted by molar-refractivity contribution is 6.06. The van der Waals surface area contributed by atoms with Crippen LogP contribution in [0.3, 0.4) is 0 Å². The van der Waals surface area contributed by atoms with Gasteiger partial charge >= 0.3 is 6.03 Å². The van der Waals surface area contributed by atoms with Gasteiger partial charge in [-0.15, -0.1) is 12.4 Å². The number of nitrogens with zero attached hydrogens (tertiary/aromatic N) is 1. The summed E-state index contributed by atoms with van der Waals surface area (Å²) in [6.45, 7) is 5.76. The molecule has 0 spiro atoms. The fourth-order valence-corrected chi connectivity index (χ4v) is 1.82. The second-order valence-corrected chi connectivity index (χ2v) is 5.32. The van der Waals surface area contributed by atoms with E-state index < -0.39 is 11.6 Å². The number of hydrogen-bond acceptors (Lipinski definition) is 4. The van der Waals surface area contributed by atoms with Gasteiger partial charge in [0.25, 0.3) is 5.91 Å². The lowest BCUT2D eigenvalue weighted by Crippen LogP contribution is -2.40. The van der Waals surface area contributed by atoms with Crippen LogP contribution < -0.4 is 16.4 Å². The number of nitrogens with two attached hydrogens (primary N) is 1. The summed E-state index contributed by atoms with van der Waals surface area (Å²) in [6, 6.07) is -0.464. The molecule has 0 saturated carbocycles. The molecule has 1 aliphatic heterocycles. The lowest BCUT2D eigenvalue weighted by molar-refractivity contribution is -0.130. The Bertz CT molecular complexity index is 387. The van der Waals surface area contributed by atoms with Crippen molar-refractivity contribution in [3.63, 3.8) is 0 Å². The fraction of sp³-hybridized carbons (Fsp3) is 0.750. The molecular formula is C12H23ClN4O3. The molecule has 8 heteroatoms. The molecule has 0 aromatic rings. The molecule has 1 aliphatic rings. The van der Waals surface area contributed by atoms with Gasteiger partial charge < -0.3 is 16.4 Å².